The molecule has 0 amide bonds. The smallest absolute Gasteiger partial charge is 0.0361 e. The molecule has 2 aliphatic rings. The first kappa shape index (κ1) is 28.7. The molecule has 49 heavy (non-hydrogen) atoms. The number of hydrogen-bond acceptors (Lipinski definition) is 1. The average Bonchev–Trinajstić information content (AvgIpc) is 3.80. The largest absolute Gasteiger partial charge is 0.135 e. The normalized spacial score (nSPS) is 12.7. The summed E-state index contributed by atoms with van der Waals surface area (Å²) in [6.07, 6.45) is 1.92. The van der Waals surface area contributed by atoms with Crippen LogP contribution in [-0.4, -0.2) is 0 Å². The zero-order valence-electron chi connectivity index (χ0n) is 28.4. The fraction of sp³-hybridized carbons (Fsp3) is 0.125. The molecule has 0 atom stereocenters. The third kappa shape index (κ3) is 4.09. The molecule has 1 heteroatoms. The van der Waals surface area contributed by atoms with Gasteiger partial charge in [-0.2, -0.15) is 0 Å². The van der Waals surface area contributed by atoms with Gasteiger partial charge < -0.3 is 0 Å². The van der Waals surface area contributed by atoms with Crippen molar-refractivity contribution in [2.45, 2.75) is 40.5 Å². The molecule has 0 saturated carbocycles. The number of thiophene rings is 1. The first-order valence-corrected chi connectivity index (χ1v) is 18.3. The Balaban J connectivity index is 1.37. The first-order valence-electron chi connectivity index (χ1n) is 17.4. The van der Waals surface area contributed by atoms with E-state index < -0.39 is 0 Å². The Hall–Kier alpha value is -5.24. The Bertz CT molecular complexity index is 2700. The monoisotopic (exact) mass is 644 g/mol. The molecule has 0 unspecified atom stereocenters. The van der Waals surface area contributed by atoms with E-state index in [4.69, 9.17) is 0 Å². The van der Waals surface area contributed by atoms with Crippen molar-refractivity contribution in [3.63, 3.8) is 0 Å². The molecule has 2 aliphatic carbocycles. The summed E-state index contributed by atoms with van der Waals surface area (Å²) in [5.41, 5.74) is 25.0. The van der Waals surface area contributed by atoms with Crippen LogP contribution in [0.1, 0.15) is 44.5 Å². The first-order chi connectivity index (χ1) is 24.0. The van der Waals surface area contributed by atoms with Gasteiger partial charge in [0, 0.05) is 20.2 Å². The van der Waals surface area contributed by atoms with Gasteiger partial charge in [-0.15, -0.1) is 11.3 Å². The van der Waals surface area contributed by atoms with Crippen LogP contribution in [0.3, 0.4) is 0 Å². The van der Waals surface area contributed by atoms with Gasteiger partial charge in [0.2, 0.25) is 0 Å². The predicted octanol–water partition coefficient (Wildman–Crippen LogP) is 13.4. The lowest BCUT2D eigenvalue weighted by molar-refractivity contribution is 1.22. The molecule has 1 aromatic heterocycles. The lowest BCUT2D eigenvalue weighted by atomic mass is 9.78. The van der Waals surface area contributed by atoms with Crippen molar-refractivity contribution in [1.82, 2.24) is 0 Å². The van der Waals surface area contributed by atoms with Gasteiger partial charge in [0.05, 0.1) is 0 Å². The van der Waals surface area contributed by atoms with E-state index in [-0.39, 0.29) is 0 Å². The van der Waals surface area contributed by atoms with E-state index in [9.17, 15) is 0 Å². The van der Waals surface area contributed by atoms with E-state index in [1.165, 1.54) is 120 Å². The highest BCUT2D eigenvalue weighted by Crippen LogP contribution is 2.53. The molecular formula is C48H36S. The summed E-state index contributed by atoms with van der Waals surface area (Å²) in [5, 5.41) is 2.71. The van der Waals surface area contributed by atoms with E-state index in [0.717, 1.165) is 12.8 Å². The van der Waals surface area contributed by atoms with Gasteiger partial charge in [0.25, 0.3) is 0 Å². The Morgan fingerprint density at radius 3 is 1.63 bits per heavy atom. The second-order valence-electron chi connectivity index (χ2n) is 14.1. The Kier molecular flexibility index (Phi) is 6.23. The summed E-state index contributed by atoms with van der Waals surface area (Å²) in [4.78, 5) is 0. The zero-order chi connectivity index (χ0) is 33.0. The molecule has 1 heterocycles. The lowest BCUT2D eigenvalue weighted by Gasteiger charge is -2.25. The Labute approximate surface area is 292 Å². The SMILES string of the molecule is Cc1cc2c(c(-c3cccc(-c4cccc5sc6ccccc6c45)c3-c3c(C)c(C)cc4c3Cc3ccccc3-4)c1C)Cc1ccccc1-2. The molecule has 0 fully saturated rings. The van der Waals surface area contributed by atoms with Gasteiger partial charge in [-0.1, -0.05) is 109 Å². The van der Waals surface area contributed by atoms with Crippen LogP contribution in [0.15, 0.2) is 121 Å². The van der Waals surface area contributed by atoms with Gasteiger partial charge in [-0.25, -0.2) is 0 Å². The van der Waals surface area contributed by atoms with Crippen LogP contribution in [0.5, 0.6) is 0 Å². The maximum Gasteiger partial charge on any atom is 0.0361 e. The van der Waals surface area contributed by atoms with Crippen LogP contribution in [0, 0.1) is 27.7 Å². The quantitative estimate of drug-likeness (QED) is 0.180. The van der Waals surface area contributed by atoms with Crippen molar-refractivity contribution in [2.75, 3.05) is 0 Å². The van der Waals surface area contributed by atoms with Crippen molar-refractivity contribution in [2.24, 2.45) is 0 Å². The number of rotatable bonds is 3. The van der Waals surface area contributed by atoms with Crippen molar-refractivity contribution in [3.05, 3.63) is 166 Å². The molecule has 0 radical (unpaired) electrons. The highest BCUT2D eigenvalue weighted by molar-refractivity contribution is 7.25. The van der Waals surface area contributed by atoms with Crippen LogP contribution in [0.4, 0.5) is 0 Å². The molecule has 0 spiro atoms. The van der Waals surface area contributed by atoms with Gasteiger partial charge in [0.1, 0.15) is 0 Å². The highest BCUT2D eigenvalue weighted by Gasteiger charge is 2.31. The minimum atomic E-state index is 0.956. The third-order valence-electron chi connectivity index (χ3n) is 11.5. The summed E-state index contributed by atoms with van der Waals surface area (Å²) in [6, 6.07) is 45.9. The van der Waals surface area contributed by atoms with E-state index in [1.54, 1.807) is 0 Å². The molecule has 10 rings (SSSR count). The molecule has 0 nitrogen and oxygen atoms in total. The minimum Gasteiger partial charge on any atom is -0.135 e. The molecular weight excluding hydrogens is 609 g/mol. The number of aryl methyl sites for hydroxylation is 2. The Morgan fingerprint density at radius 1 is 0.408 bits per heavy atom. The molecule has 234 valence electrons. The zero-order valence-corrected chi connectivity index (χ0v) is 29.2. The fourth-order valence-electron chi connectivity index (χ4n) is 9.00. The summed E-state index contributed by atoms with van der Waals surface area (Å²) < 4.78 is 2.69. The number of fused-ring (bicyclic) bond motifs is 9. The molecule has 0 saturated heterocycles. The molecule has 0 aliphatic heterocycles. The topological polar surface area (TPSA) is 0 Å². The van der Waals surface area contributed by atoms with Crippen LogP contribution < -0.4 is 0 Å². The van der Waals surface area contributed by atoms with Crippen molar-refractivity contribution < 1.29 is 0 Å². The second-order valence-corrected chi connectivity index (χ2v) is 15.2. The average molecular weight is 645 g/mol. The van der Waals surface area contributed by atoms with Crippen LogP contribution in [0.2, 0.25) is 0 Å². The van der Waals surface area contributed by atoms with Gasteiger partial charge in [-0.05, 0) is 153 Å². The molecule has 0 bridgehead atoms. The van der Waals surface area contributed by atoms with Crippen molar-refractivity contribution in [1.29, 1.82) is 0 Å². The molecule has 7 aromatic carbocycles. The van der Waals surface area contributed by atoms with Crippen LogP contribution in [0.25, 0.3) is 75.8 Å². The summed E-state index contributed by atoms with van der Waals surface area (Å²) in [5.74, 6) is 0. The van der Waals surface area contributed by atoms with E-state index in [2.05, 4.69) is 149 Å². The summed E-state index contributed by atoms with van der Waals surface area (Å²) >= 11 is 1.90. The fourth-order valence-corrected chi connectivity index (χ4v) is 10.1. The van der Waals surface area contributed by atoms with Crippen LogP contribution in [-0.2, 0) is 12.8 Å². The third-order valence-corrected chi connectivity index (χ3v) is 12.7. The lowest BCUT2D eigenvalue weighted by Crippen LogP contribution is -2.02. The second kappa shape index (κ2) is 10.6. The van der Waals surface area contributed by atoms with E-state index in [0.29, 0.717) is 0 Å². The maximum absolute atomic E-state index is 2.45. The van der Waals surface area contributed by atoms with Gasteiger partial charge >= 0.3 is 0 Å². The highest BCUT2D eigenvalue weighted by atomic mass is 32.1. The van der Waals surface area contributed by atoms with Gasteiger partial charge in [0.15, 0.2) is 0 Å². The maximum atomic E-state index is 2.45. The van der Waals surface area contributed by atoms with Crippen molar-refractivity contribution >= 4 is 31.5 Å². The Morgan fingerprint density at radius 2 is 0.918 bits per heavy atom. The summed E-state index contributed by atoms with van der Waals surface area (Å²) in [6.45, 7) is 9.31. The number of hydrogen-bond donors (Lipinski definition) is 0. The van der Waals surface area contributed by atoms with Gasteiger partial charge in [-0.3, -0.25) is 0 Å². The minimum absolute atomic E-state index is 0.956. The van der Waals surface area contributed by atoms with Crippen molar-refractivity contribution in [3.8, 4) is 55.6 Å². The summed E-state index contributed by atoms with van der Waals surface area (Å²) in [7, 11) is 0. The number of benzene rings is 7. The predicted molar refractivity (Wildman–Crippen MR) is 211 cm³/mol. The molecule has 8 aromatic rings. The molecule has 0 N–H and O–H groups in total. The van der Waals surface area contributed by atoms with E-state index in [1.807, 2.05) is 11.3 Å². The van der Waals surface area contributed by atoms with Crippen LogP contribution >= 0.6 is 11.3 Å². The van der Waals surface area contributed by atoms with E-state index >= 15 is 0 Å². The standard InChI is InChI=1S/C48H36S/c1-27-23-39-33-15-7-5-13-31(33)25-41(39)45(29(27)3)38-20-11-18-36(35-19-12-22-44-47(35)37-17-9-10-21-43(37)49-44)48(38)46-30(4)28(2)24-40-34-16-8-6-14-32(34)26-42(40)46/h5-24H,25-26H2,1-4H3.